The van der Waals surface area contributed by atoms with E-state index in [4.69, 9.17) is 10.7 Å². The number of aromatic amines is 1. The monoisotopic (exact) mass is 257 g/mol. The van der Waals surface area contributed by atoms with Crippen molar-refractivity contribution in [3.63, 3.8) is 0 Å². The summed E-state index contributed by atoms with van der Waals surface area (Å²) in [4.78, 5) is 8.28. The van der Waals surface area contributed by atoms with E-state index in [0.29, 0.717) is 11.8 Å². The second-order valence-corrected chi connectivity index (χ2v) is 6.00. The molecule has 1 fully saturated rings. The summed E-state index contributed by atoms with van der Waals surface area (Å²) in [5, 5.41) is 0. The van der Waals surface area contributed by atoms with Crippen LogP contribution < -0.4 is 5.73 Å². The summed E-state index contributed by atoms with van der Waals surface area (Å²) in [6.45, 7) is 2.94. The van der Waals surface area contributed by atoms with Gasteiger partial charge in [0.25, 0.3) is 0 Å². The van der Waals surface area contributed by atoms with Crippen molar-refractivity contribution < 1.29 is 0 Å². The Balaban J connectivity index is 1.86. The van der Waals surface area contributed by atoms with Crippen LogP contribution in [-0.4, -0.2) is 16.5 Å². The summed E-state index contributed by atoms with van der Waals surface area (Å²) in [7, 11) is 0. The summed E-state index contributed by atoms with van der Waals surface area (Å²) >= 11 is 0. The molecule has 1 atom stereocenters. The summed E-state index contributed by atoms with van der Waals surface area (Å²) in [6, 6.07) is 6.57. The van der Waals surface area contributed by atoms with E-state index in [1.807, 2.05) is 0 Å². The number of hydrogen-bond acceptors (Lipinski definition) is 2. The molecule has 3 rings (SSSR count). The molecule has 0 bridgehead atoms. The van der Waals surface area contributed by atoms with Crippen LogP contribution in [0.25, 0.3) is 11.0 Å². The zero-order chi connectivity index (χ0) is 13.2. The Morgan fingerprint density at radius 3 is 2.89 bits per heavy atom. The fraction of sp³-hybridized carbons (Fsp3) is 0.562. The van der Waals surface area contributed by atoms with Crippen molar-refractivity contribution in [3.05, 3.63) is 29.6 Å². The first-order valence-electron chi connectivity index (χ1n) is 7.45. The Kier molecular flexibility index (Phi) is 3.56. The first-order chi connectivity index (χ1) is 9.26. The van der Waals surface area contributed by atoms with Crippen LogP contribution in [0.4, 0.5) is 0 Å². The van der Waals surface area contributed by atoms with Crippen LogP contribution >= 0.6 is 0 Å². The molecule has 0 aliphatic heterocycles. The third-order valence-electron chi connectivity index (χ3n) is 4.29. The molecule has 0 spiro atoms. The molecule has 1 aliphatic rings. The maximum absolute atomic E-state index is 5.70. The number of aromatic nitrogens is 2. The van der Waals surface area contributed by atoms with Gasteiger partial charge in [0.05, 0.1) is 11.0 Å². The highest BCUT2D eigenvalue weighted by molar-refractivity contribution is 5.76. The van der Waals surface area contributed by atoms with Gasteiger partial charge in [-0.3, -0.25) is 0 Å². The zero-order valence-corrected chi connectivity index (χ0v) is 11.7. The fourth-order valence-corrected chi connectivity index (χ4v) is 3.08. The van der Waals surface area contributed by atoms with Gasteiger partial charge in [0, 0.05) is 5.92 Å². The molecule has 3 heteroatoms. The van der Waals surface area contributed by atoms with Gasteiger partial charge in [0.15, 0.2) is 0 Å². The highest BCUT2D eigenvalue weighted by Crippen LogP contribution is 2.33. The van der Waals surface area contributed by atoms with E-state index in [1.54, 1.807) is 0 Å². The number of benzene rings is 1. The Hall–Kier alpha value is -1.35. The lowest BCUT2D eigenvalue weighted by molar-refractivity contribution is 0.593. The van der Waals surface area contributed by atoms with Gasteiger partial charge in [-0.05, 0) is 49.4 Å². The number of nitrogens with one attached hydrogen (secondary N) is 1. The Morgan fingerprint density at radius 2 is 2.16 bits per heavy atom. The minimum absolute atomic E-state index is 0.537. The van der Waals surface area contributed by atoms with E-state index in [2.05, 4.69) is 30.1 Å². The quantitative estimate of drug-likeness (QED) is 0.882. The number of nitrogens with zero attached hydrogens (tertiary/aromatic N) is 1. The van der Waals surface area contributed by atoms with Crippen LogP contribution in [-0.2, 0) is 6.42 Å². The van der Waals surface area contributed by atoms with Crippen LogP contribution in [0, 0.1) is 5.92 Å². The Morgan fingerprint density at radius 1 is 1.37 bits per heavy atom. The molecule has 102 valence electrons. The van der Waals surface area contributed by atoms with Gasteiger partial charge < -0.3 is 10.7 Å². The van der Waals surface area contributed by atoms with Gasteiger partial charge >= 0.3 is 0 Å². The number of nitrogens with two attached hydrogens (primary N) is 1. The maximum atomic E-state index is 5.70. The molecule has 0 radical (unpaired) electrons. The molecular formula is C16H23N3. The summed E-state index contributed by atoms with van der Waals surface area (Å²) in [5.41, 5.74) is 9.34. The van der Waals surface area contributed by atoms with E-state index in [9.17, 15) is 0 Å². The molecule has 19 heavy (non-hydrogen) atoms. The standard InChI is InChI=1S/C16H23N3/c1-11(10-17)8-12-6-7-14-15(9-12)19-16(18-14)13-4-2-3-5-13/h6-7,9,11,13H,2-5,8,10,17H2,1H3,(H,18,19). The maximum Gasteiger partial charge on any atom is 0.110 e. The van der Waals surface area contributed by atoms with Gasteiger partial charge in [-0.15, -0.1) is 0 Å². The van der Waals surface area contributed by atoms with Crippen LogP contribution in [0.5, 0.6) is 0 Å². The normalized spacial score (nSPS) is 18.2. The second kappa shape index (κ2) is 5.33. The Labute approximate surface area is 114 Å². The molecule has 1 heterocycles. The van der Waals surface area contributed by atoms with Crippen LogP contribution in [0.15, 0.2) is 18.2 Å². The molecule has 1 saturated carbocycles. The van der Waals surface area contributed by atoms with Crippen molar-refractivity contribution in [1.29, 1.82) is 0 Å². The zero-order valence-electron chi connectivity index (χ0n) is 11.7. The van der Waals surface area contributed by atoms with Gasteiger partial charge in [-0.1, -0.05) is 25.8 Å². The predicted octanol–water partition coefficient (Wildman–Crippen LogP) is 3.36. The number of H-pyrrole nitrogens is 1. The van der Waals surface area contributed by atoms with E-state index in [0.717, 1.165) is 18.5 Å². The molecule has 1 aliphatic carbocycles. The SMILES string of the molecule is CC(CN)Cc1ccc2nc(C3CCCC3)[nH]c2c1. The van der Waals surface area contributed by atoms with E-state index < -0.39 is 0 Å². The molecule has 0 saturated heterocycles. The van der Waals surface area contributed by atoms with Gasteiger partial charge in [0.2, 0.25) is 0 Å². The highest BCUT2D eigenvalue weighted by Gasteiger charge is 2.20. The largest absolute Gasteiger partial charge is 0.342 e. The lowest BCUT2D eigenvalue weighted by Crippen LogP contribution is -2.12. The average Bonchev–Trinajstić information content (AvgIpc) is 3.06. The minimum atomic E-state index is 0.537. The third kappa shape index (κ3) is 2.66. The average molecular weight is 257 g/mol. The lowest BCUT2D eigenvalue weighted by atomic mass is 10.0. The van der Waals surface area contributed by atoms with Crippen molar-refractivity contribution in [2.24, 2.45) is 11.7 Å². The molecule has 3 nitrogen and oxygen atoms in total. The fourth-order valence-electron chi connectivity index (χ4n) is 3.08. The summed E-state index contributed by atoms with van der Waals surface area (Å²) in [5.74, 6) is 2.38. The third-order valence-corrected chi connectivity index (χ3v) is 4.29. The smallest absolute Gasteiger partial charge is 0.110 e. The number of fused-ring (bicyclic) bond motifs is 1. The number of imidazole rings is 1. The van der Waals surface area contributed by atoms with E-state index >= 15 is 0 Å². The minimum Gasteiger partial charge on any atom is -0.342 e. The first-order valence-corrected chi connectivity index (χ1v) is 7.45. The van der Waals surface area contributed by atoms with Gasteiger partial charge in [-0.2, -0.15) is 0 Å². The molecule has 1 aromatic carbocycles. The number of hydrogen-bond donors (Lipinski definition) is 2. The molecule has 1 aromatic heterocycles. The predicted molar refractivity (Wildman–Crippen MR) is 79.2 cm³/mol. The lowest BCUT2D eigenvalue weighted by Gasteiger charge is -2.07. The van der Waals surface area contributed by atoms with Crippen LogP contribution in [0.2, 0.25) is 0 Å². The summed E-state index contributed by atoms with van der Waals surface area (Å²) < 4.78 is 0. The van der Waals surface area contributed by atoms with E-state index in [1.165, 1.54) is 42.6 Å². The Bertz CT molecular complexity index is 552. The van der Waals surface area contributed by atoms with Crippen molar-refractivity contribution in [2.45, 2.75) is 44.9 Å². The first kappa shape index (κ1) is 12.7. The van der Waals surface area contributed by atoms with Crippen molar-refractivity contribution in [3.8, 4) is 0 Å². The van der Waals surface area contributed by atoms with Crippen LogP contribution in [0.1, 0.15) is 49.9 Å². The van der Waals surface area contributed by atoms with Crippen LogP contribution in [0.3, 0.4) is 0 Å². The molecule has 1 unspecified atom stereocenters. The molecule has 2 aromatic rings. The molecule has 0 amide bonds. The van der Waals surface area contributed by atoms with Gasteiger partial charge in [-0.25, -0.2) is 4.98 Å². The van der Waals surface area contributed by atoms with Crippen molar-refractivity contribution >= 4 is 11.0 Å². The highest BCUT2D eigenvalue weighted by atomic mass is 14.9. The van der Waals surface area contributed by atoms with Crippen molar-refractivity contribution in [1.82, 2.24) is 9.97 Å². The molecule has 3 N–H and O–H groups in total. The number of rotatable bonds is 4. The van der Waals surface area contributed by atoms with E-state index in [-0.39, 0.29) is 0 Å². The second-order valence-electron chi connectivity index (χ2n) is 6.00. The van der Waals surface area contributed by atoms with Crippen molar-refractivity contribution in [2.75, 3.05) is 6.54 Å². The van der Waals surface area contributed by atoms with Gasteiger partial charge in [0.1, 0.15) is 5.82 Å². The summed E-state index contributed by atoms with van der Waals surface area (Å²) in [6.07, 6.45) is 6.32. The topological polar surface area (TPSA) is 54.7 Å². The molecular weight excluding hydrogens is 234 g/mol.